The molecule has 2 fully saturated rings. The van der Waals surface area contributed by atoms with Gasteiger partial charge in [0, 0.05) is 51.3 Å². The van der Waals surface area contributed by atoms with Crippen molar-refractivity contribution >= 4 is 11.8 Å². The molecule has 25 heavy (non-hydrogen) atoms. The Balaban J connectivity index is 1.41. The van der Waals surface area contributed by atoms with Crippen LogP contribution in [0.4, 0.5) is 11.8 Å². The number of nitrogens with two attached hydrogens (primary N) is 1. The monoisotopic (exact) mass is 345 g/mol. The lowest BCUT2D eigenvalue weighted by Gasteiger charge is -2.35. The summed E-state index contributed by atoms with van der Waals surface area (Å²) >= 11 is 0. The quantitative estimate of drug-likeness (QED) is 0.851. The van der Waals surface area contributed by atoms with Crippen LogP contribution in [-0.4, -0.2) is 64.6 Å². The van der Waals surface area contributed by atoms with Crippen LogP contribution in [0.3, 0.4) is 0 Å². The molecule has 2 N–H and O–H groups in total. The first-order valence-electron chi connectivity index (χ1n) is 8.66. The molecule has 0 radical (unpaired) electrons. The van der Waals surface area contributed by atoms with Crippen LogP contribution in [0, 0.1) is 6.92 Å². The number of nitrogens with zero attached hydrogens (tertiary/aromatic N) is 6. The fraction of sp³-hybridized carbons (Fsp3) is 0.625. The third-order valence-electron chi connectivity index (χ3n) is 4.91. The second kappa shape index (κ2) is 6.93. The standard InChI is InChI=1S/C16H23N7O2/c1-11-14(21-25-20-11)9-22-3-5-23(6-4-22)15-8-13(18-16(17)19-15)12-2-7-24-10-12/h8,12H,2-7,9-10H2,1H3,(H2,17,18,19). The number of piperazine rings is 1. The lowest BCUT2D eigenvalue weighted by atomic mass is 10.0. The SMILES string of the molecule is Cc1nonc1CN1CCN(c2cc(C3CCOC3)nc(N)n2)CC1. The van der Waals surface area contributed by atoms with E-state index in [9.17, 15) is 0 Å². The largest absolute Gasteiger partial charge is 0.381 e. The van der Waals surface area contributed by atoms with E-state index in [-0.39, 0.29) is 0 Å². The Morgan fingerprint density at radius 3 is 2.72 bits per heavy atom. The third-order valence-corrected chi connectivity index (χ3v) is 4.91. The number of rotatable bonds is 4. The van der Waals surface area contributed by atoms with Crippen LogP contribution < -0.4 is 10.6 Å². The van der Waals surface area contributed by atoms with Crippen LogP contribution >= 0.6 is 0 Å². The molecular formula is C16H23N7O2. The van der Waals surface area contributed by atoms with E-state index in [1.165, 1.54) is 0 Å². The van der Waals surface area contributed by atoms with Crippen molar-refractivity contribution in [1.82, 2.24) is 25.2 Å². The molecule has 9 nitrogen and oxygen atoms in total. The summed E-state index contributed by atoms with van der Waals surface area (Å²) in [7, 11) is 0. The van der Waals surface area contributed by atoms with Gasteiger partial charge in [0.25, 0.3) is 0 Å². The maximum atomic E-state index is 5.94. The molecule has 1 atom stereocenters. The molecule has 134 valence electrons. The molecule has 0 spiro atoms. The first-order valence-corrected chi connectivity index (χ1v) is 8.66. The molecule has 2 aromatic heterocycles. The van der Waals surface area contributed by atoms with E-state index in [4.69, 9.17) is 15.1 Å². The summed E-state index contributed by atoms with van der Waals surface area (Å²) < 4.78 is 10.2. The van der Waals surface area contributed by atoms with Gasteiger partial charge in [-0.15, -0.1) is 0 Å². The molecule has 1 unspecified atom stereocenters. The molecule has 0 saturated carbocycles. The average molecular weight is 345 g/mol. The summed E-state index contributed by atoms with van der Waals surface area (Å²) in [5.41, 5.74) is 8.70. The van der Waals surface area contributed by atoms with Crippen molar-refractivity contribution in [3.8, 4) is 0 Å². The van der Waals surface area contributed by atoms with Crippen molar-refractivity contribution < 1.29 is 9.37 Å². The van der Waals surface area contributed by atoms with Gasteiger partial charge in [0.05, 0.1) is 12.3 Å². The number of hydrogen-bond acceptors (Lipinski definition) is 9. The van der Waals surface area contributed by atoms with E-state index < -0.39 is 0 Å². The lowest BCUT2D eigenvalue weighted by molar-refractivity contribution is 0.193. The number of nitrogen functional groups attached to an aromatic ring is 1. The van der Waals surface area contributed by atoms with Gasteiger partial charge in [-0.2, -0.15) is 4.98 Å². The minimum Gasteiger partial charge on any atom is -0.381 e. The van der Waals surface area contributed by atoms with Gasteiger partial charge < -0.3 is 15.4 Å². The Kier molecular flexibility index (Phi) is 4.50. The summed E-state index contributed by atoms with van der Waals surface area (Å²) in [6, 6.07) is 2.07. The van der Waals surface area contributed by atoms with Gasteiger partial charge in [0.1, 0.15) is 17.2 Å². The second-order valence-corrected chi connectivity index (χ2v) is 6.63. The molecular weight excluding hydrogens is 322 g/mol. The normalized spacial score (nSPS) is 21.8. The number of hydrogen-bond donors (Lipinski definition) is 1. The van der Waals surface area contributed by atoms with Crippen LogP contribution in [0.5, 0.6) is 0 Å². The molecule has 0 aliphatic carbocycles. The molecule has 4 heterocycles. The predicted octanol–water partition coefficient (Wildman–Crippen LogP) is 0.576. The highest BCUT2D eigenvalue weighted by Gasteiger charge is 2.24. The number of aryl methyl sites for hydroxylation is 1. The summed E-state index contributed by atoms with van der Waals surface area (Å²) in [6.45, 7) is 7.83. The van der Waals surface area contributed by atoms with Gasteiger partial charge in [0.15, 0.2) is 0 Å². The lowest BCUT2D eigenvalue weighted by Crippen LogP contribution is -2.46. The third kappa shape index (κ3) is 3.57. The fourth-order valence-electron chi connectivity index (χ4n) is 3.35. The first kappa shape index (κ1) is 16.2. The van der Waals surface area contributed by atoms with Gasteiger partial charge in [-0.25, -0.2) is 9.61 Å². The Morgan fingerprint density at radius 2 is 2.04 bits per heavy atom. The van der Waals surface area contributed by atoms with Crippen molar-refractivity contribution in [2.75, 3.05) is 50.0 Å². The highest BCUT2D eigenvalue weighted by molar-refractivity contribution is 5.45. The molecule has 9 heteroatoms. The zero-order valence-corrected chi connectivity index (χ0v) is 14.4. The minimum absolute atomic E-state index is 0.327. The van der Waals surface area contributed by atoms with Crippen LogP contribution in [0.15, 0.2) is 10.7 Å². The van der Waals surface area contributed by atoms with Crippen LogP contribution in [0.25, 0.3) is 0 Å². The van der Waals surface area contributed by atoms with E-state index in [0.29, 0.717) is 11.9 Å². The van der Waals surface area contributed by atoms with Crippen LogP contribution in [-0.2, 0) is 11.3 Å². The maximum Gasteiger partial charge on any atom is 0.222 e. The smallest absolute Gasteiger partial charge is 0.222 e. The molecule has 0 amide bonds. The van der Waals surface area contributed by atoms with Gasteiger partial charge in [0.2, 0.25) is 5.95 Å². The number of aromatic nitrogens is 4. The highest BCUT2D eigenvalue weighted by atomic mass is 16.6. The second-order valence-electron chi connectivity index (χ2n) is 6.63. The Bertz CT molecular complexity index is 721. The van der Waals surface area contributed by atoms with E-state index in [1.54, 1.807) is 0 Å². The van der Waals surface area contributed by atoms with Crippen molar-refractivity contribution in [2.45, 2.75) is 25.8 Å². The van der Waals surface area contributed by atoms with Gasteiger partial charge in [-0.1, -0.05) is 10.3 Å². The summed E-state index contributed by atoms with van der Waals surface area (Å²) in [4.78, 5) is 13.5. The van der Waals surface area contributed by atoms with Gasteiger partial charge >= 0.3 is 0 Å². The van der Waals surface area contributed by atoms with Gasteiger partial charge in [-0.3, -0.25) is 4.90 Å². The molecule has 0 bridgehead atoms. The molecule has 2 aliphatic heterocycles. The maximum absolute atomic E-state index is 5.94. The van der Waals surface area contributed by atoms with Gasteiger partial charge in [-0.05, 0) is 13.3 Å². The zero-order valence-electron chi connectivity index (χ0n) is 14.4. The van der Waals surface area contributed by atoms with E-state index in [1.807, 2.05) is 6.92 Å². The average Bonchev–Trinajstić information content (AvgIpc) is 3.28. The van der Waals surface area contributed by atoms with Crippen molar-refractivity contribution in [1.29, 1.82) is 0 Å². The summed E-state index contributed by atoms with van der Waals surface area (Å²) in [5.74, 6) is 1.58. The summed E-state index contributed by atoms with van der Waals surface area (Å²) in [6.07, 6.45) is 0.995. The predicted molar refractivity (Wildman–Crippen MR) is 91.1 cm³/mol. The molecule has 2 aromatic rings. The van der Waals surface area contributed by atoms with E-state index in [0.717, 1.165) is 75.3 Å². The minimum atomic E-state index is 0.327. The van der Waals surface area contributed by atoms with Crippen molar-refractivity contribution in [2.24, 2.45) is 0 Å². The Morgan fingerprint density at radius 1 is 1.20 bits per heavy atom. The van der Waals surface area contributed by atoms with Crippen molar-refractivity contribution in [3.05, 3.63) is 23.1 Å². The zero-order chi connectivity index (χ0) is 17.2. The van der Waals surface area contributed by atoms with E-state index in [2.05, 4.69) is 36.1 Å². The van der Waals surface area contributed by atoms with Crippen LogP contribution in [0.1, 0.15) is 29.4 Å². The Hall–Kier alpha value is -2.26. The number of ether oxygens (including phenoxy) is 1. The highest BCUT2D eigenvalue weighted by Crippen LogP contribution is 2.27. The Labute approximate surface area is 146 Å². The summed E-state index contributed by atoms with van der Waals surface area (Å²) in [5, 5.41) is 7.80. The van der Waals surface area contributed by atoms with Crippen LogP contribution in [0.2, 0.25) is 0 Å². The fourth-order valence-corrected chi connectivity index (χ4v) is 3.35. The molecule has 2 aliphatic rings. The molecule has 0 aromatic carbocycles. The molecule has 2 saturated heterocycles. The van der Waals surface area contributed by atoms with E-state index >= 15 is 0 Å². The number of anilines is 2. The topological polar surface area (TPSA) is 106 Å². The first-order chi connectivity index (χ1) is 12.2. The molecule has 4 rings (SSSR count). The van der Waals surface area contributed by atoms with Crippen molar-refractivity contribution in [3.63, 3.8) is 0 Å².